The second-order valence-electron chi connectivity index (χ2n) is 4.83. The van der Waals surface area contributed by atoms with Crippen LogP contribution in [0.2, 0.25) is 0 Å². The molecular formula is C14H19NO. The summed E-state index contributed by atoms with van der Waals surface area (Å²) in [7, 11) is 0. The fourth-order valence-electron chi connectivity index (χ4n) is 1.34. The van der Waals surface area contributed by atoms with Crippen LogP contribution in [0, 0.1) is 11.8 Å². The molecule has 3 N–H and O–H groups in total. The van der Waals surface area contributed by atoms with Crippen LogP contribution >= 0.6 is 0 Å². The van der Waals surface area contributed by atoms with E-state index < -0.39 is 0 Å². The van der Waals surface area contributed by atoms with Crippen molar-refractivity contribution in [3.05, 3.63) is 29.3 Å². The average Bonchev–Trinajstić information content (AvgIpc) is 2.19. The summed E-state index contributed by atoms with van der Waals surface area (Å²) in [6.45, 7) is 6.56. The maximum Gasteiger partial charge on any atom is 0.0540 e. The van der Waals surface area contributed by atoms with E-state index in [0.717, 1.165) is 5.56 Å². The van der Waals surface area contributed by atoms with Crippen molar-refractivity contribution >= 4 is 5.69 Å². The van der Waals surface area contributed by atoms with Gasteiger partial charge in [-0.05, 0) is 23.1 Å². The van der Waals surface area contributed by atoms with Gasteiger partial charge < -0.3 is 10.8 Å². The van der Waals surface area contributed by atoms with Crippen LogP contribution in [0.1, 0.15) is 38.3 Å². The quantitative estimate of drug-likeness (QED) is 0.560. The molecule has 0 aliphatic heterocycles. The third kappa shape index (κ3) is 3.29. The highest BCUT2D eigenvalue weighted by atomic mass is 16.2. The smallest absolute Gasteiger partial charge is 0.0540 e. The molecule has 0 saturated heterocycles. The second-order valence-corrected chi connectivity index (χ2v) is 4.83. The molecule has 0 amide bonds. The Morgan fingerprint density at radius 1 is 1.31 bits per heavy atom. The fraction of sp³-hybridized carbons (Fsp3) is 0.429. The molecule has 1 aromatic carbocycles. The lowest BCUT2D eigenvalue weighted by Gasteiger charge is -2.19. The molecule has 0 aliphatic rings. The minimum Gasteiger partial charge on any atom is -0.398 e. The van der Waals surface area contributed by atoms with Crippen molar-refractivity contribution in [3.63, 3.8) is 0 Å². The molecule has 0 unspecified atom stereocenters. The number of benzene rings is 1. The number of nitrogens with two attached hydrogens (primary N) is 1. The molecule has 0 radical (unpaired) electrons. The standard InChI is InChI=1S/C14H19NO/c1-14(2,3)12-7-8-13(15)11(10-12)6-4-5-9-16/h7-8,10,16H,5,9,15H2,1-3H3. The van der Waals surface area contributed by atoms with Crippen LogP contribution in [0.15, 0.2) is 18.2 Å². The van der Waals surface area contributed by atoms with Crippen molar-refractivity contribution in [2.24, 2.45) is 0 Å². The van der Waals surface area contributed by atoms with E-state index in [4.69, 9.17) is 10.8 Å². The molecule has 2 heteroatoms. The van der Waals surface area contributed by atoms with Crippen molar-refractivity contribution in [2.45, 2.75) is 32.6 Å². The molecule has 0 heterocycles. The minimum atomic E-state index is 0.0892. The summed E-state index contributed by atoms with van der Waals surface area (Å²) in [4.78, 5) is 0. The molecule has 0 aliphatic carbocycles. The number of aliphatic hydroxyl groups excluding tert-OH is 1. The summed E-state index contributed by atoms with van der Waals surface area (Å²) in [5.41, 5.74) is 8.71. The first-order chi connectivity index (χ1) is 7.45. The number of hydrogen-bond acceptors (Lipinski definition) is 2. The molecular weight excluding hydrogens is 198 g/mol. The summed E-state index contributed by atoms with van der Waals surface area (Å²) in [5, 5.41) is 8.66. The lowest BCUT2D eigenvalue weighted by atomic mass is 9.86. The lowest BCUT2D eigenvalue weighted by Crippen LogP contribution is -2.11. The van der Waals surface area contributed by atoms with Gasteiger partial charge >= 0.3 is 0 Å². The number of rotatable bonds is 1. The second kappa shape index (κ2) is 5.05. The maximum atomic E-state index is 8.66. The Kier molecular flexibility index (Phi) is 3.98. The molecule has 0 bridgehead atoms. The molecule has 0 spiro atoms. The Bertz CT molecular complexity index is 419. The molecule has 0 fully saturated rings. The Morgan fingerprint density at radius 2 is 2.00 bits per heavy atom. The Hall–Kier alpha value is -1.46. The number of nitrogen functional groups attached to an aromatic ring is 1. The van der Waals surface area contributed by atoms with Crippen molar-refractivity contribution in [1.29, 1.82) is 0 Å². The molecule has 86 valence electrons. The zero-order chi connectivity index (χ0) is 12.2. The predicted molar refractivity (Wildman–Crippen MR) is 68.1 cm³/mol. The van der Waals surface area contributed by atoms with E-state index in [1.165, 1.54) is 5.56 Å². The minimum absolute atomic E-state index is 0.0892. The highest BCUT2D eigenvalue weighted by Gasteiger charge is 2.14. The van der Waals surface area contributed by atoms with Gasteiger partial charge in [0, 0.05) is 17.7 Å². The van der Waals surface area contributed by atoms with Gasteiger partial charge in [-0.3, -0.25) is 0 Å². The summed E-state index contributed by atoms with van der Waals surface area (Å²) < 4.78 is 0. The van der Waals surface area contributed by atoms with Crippen molar-refractivity contribution < 1.29 is 5.11 Å². The first kappa shape index (κ1) is 12.6. The zero-order valence-electron chi connectivity index (χ0n) is 10.2. The van der Waals surface area contributed by atoms with Crippen molar-refractivity contribution in [2.75, 3.05) is 12.3 Å². The van der Waals surface area contributed by atoms with Crippen LogP contribution < -0.4 is 5.73 Å². The molecule has 0 aromatic heterocycles. The molecule has 1 aromatic rings. The summed E-state index contributed by atoms with van der Waals surface area (Å²) in [6, 6.07) is 5.95. The third-order valence-electron chi connectivity index (χ3n) is 2.38. The molecule has 1 rings (SSSR count). The summed E-state index contributed by atoms with van der Waals surface area (Å²) >= 11 is 0. The van der Waals surface area contributed by atoms with Crippen molar-refractivity contribution in [3.8, 4) is 11.8 Å². The zero-order valence-corrected chi connectivity index (χ0v) is 10.2. The molecule has 0 saturated carbocycles. The Labute approximate surface area is 97.5 Å². The first-order valence-electron chi connectivity index (χ1n) is 5.45. The maximum absolute atomic E-state index is 8.66. The summed E-state index contributed by atoms with van der Waals surface area (Å²) in [6.07, 6.45) is 0.485. The number of aliphatic hydroxyl groups is 1. The van der Waals surface area contributed by atoms with Gasteiger partial charge in [0.25, 0.3) is 0 Å². The SMILES string of the molecule is CC(C)(C)c1ccc(N)c(C#CCCO)c1. The van der Waals surface area contributed by atoms with Gasteiger partial charge in [0.2, 0.25) is 0 Å². The van der Waals surface area contributed by atoms with E-state index in [-0.39, 0.29) is 12.0 Å². The van der Waals surface area contributed by atoms with Crippen molar-refractivity contribution in [1.82, 2.24) is 0 Å². The Balaban J connectivity index is 3.06. The molecule has 16 heavy (non-hydrogen) atoms. The Morgan fingerprint density at radius 3 is 2.56 bits per heavy atom. The normalized spacial score (nSPS) is 10.8. The van der Waals surface area contributed by atoms with Gasteiger partial charge in [-0.1, -0.05) is 38.7 Å². The van der Waals surface area contributed by atoms with Crippen LogP contribution in [0.25, 0.3) is 0 Å². The van der Waals surface area contributed by atoms with E-state index in [1.54, 1.807) is 0 Å². The van der Waals surface area contributed by atoms with Crippen LogP contribution in [-0.2, 0) is 5.41 Å². The highest BCUT2D eigenvalue weighted by molar-refractivity contribution is 5.57. The van der Waals surface area contributed by atoms with Crippen LogP contribution in [0.5, 0.6) is 0 Å². The highest BCUT2D eigenvalue weighted by Crippen LogP contribution is 2.25. The summed E-state index contributed by atoms with van der Waals surface area (Å²) in [5.74, 6) is 5.88. The van der Waals surface area contributed by atoms with Gasteiger partial charge in [-0.2, -0.15) is 0 Å². The number of hydrogen-bond donors (Lipinski definition) is 2. The topological polar surface area (TPSA) is 46.2 Å². The van der Waals surface area contributed by atoms with Crippen LogP contribution in [-0.4, -0.2) is 11.7 Å². The van der Waals surface area contributed by atoms with E-state index in [1.807, 2.05) is 18.2 Å². The third-order valence-corrected chi connectivity index (χ3v) is 2.38. The van der Waals surface area contributed by atoms with Crippen LogP contribution in [0.4, 0.5) is 5.69 Å². The fourth-order valence-corrected chi connectivity index (χ4v) is 1.34. The first-order valence-corrected chi connectivity index (χ1v) is 5.45. The lowest BCUT2D eigenvalue weighted by molar-refractivity contribution is 0.305. The average molecular weight is 217 g/mol. The molecule has 0 atom stereocenters. The van der Waals surface area contributed by atoms with E-state index in [0.29, 0.717) is 12.1 Å². The predicted octanol–water partition coefficient (Wildman–Crippen LogP) is 2.30. The molecule has 2 nitrogen and oxygen atoms in total. The van der Waals surface area contributed by atoms with E-state index in [2.05, 4.69) is 32.6 Å². The monoisotopic (exact) mass is 217 g/mol. The van der Waals surface area contributed by atoms with Gasteiger partial charge in [0.15, 0.2) is 0 Å². The number of anilines is 1. The van der Waals surface area contributed by atoms with Crippen LogP contribution in [0.3, 0.4) is 0 Å². The van der Waals surface area contributed by atoms with E-state index in [9.17, 15) is 0 Å². The van der Waals surface area contributed by atoms with Gasteiger partial charge in [-0.25, -0.2) is 0 Å². The van der Waals surface area contributed by atoms with Gasteiger partial charge in [0.05, 0.1) is 6.61 Å². The van der Waals surface area contributed by atoms with Gasteiger partial charge in [-0.15, -0.1) is 0 Å². The van der Waals surface area contributed by atoms with E-state index >= 15 is 0 Å². The van der Waals surface area contributed by atoms with Gasteiger partial charge in [0.1, 0.15) is 0 Å². The largest absolute Gasteiger partial charge is 0.398 e.